The summed E-state index contributed by atoms with van der Waals surface area (Å²) in [5.41, 5.74) is 6.05. The van der Waals surface area contributed by atoms with Gasteiger partial charge in [-0.05, 0) is 23.6 Å². The Morgan fingerprint density at radius 2 is 2.00 bits per heavy atom. The van der Waals surface area contributed by atoms with Gasteiger partial charge in [-0.1, -0.05) is 11.2 Å². The molecule has 2 N–H and O–H groups in total. The number of aromatic nitrogens is 2. The minimum Gasteiger partial charge on any atom is -0.367 e. The fourth-order valence-electron chi connectivity index (χ4n) is 1.84. The molecule has 0 aliphatic heterocycles. The van der Waals surface area contributed by atoms with Gasteiger partial charge >= 0.3 is 6.18 Å². The zero-order valence-corrected chi connectivity index (χ0v) is 11.2. The van der Waals surface area contributed by atoms with E-state index in [1.165, 1.54) is 17.4 Å². The molecule has 8 heteroatoms. The molecule has 3 aromatic rings. The van der Waals surface area contributed by atoms with Crippen molar-refractivity contribution in [2.45, 2.75) is 6.18 Å². The Kier molecular flexibility index (Phi) is 3.17. The number of pyridine rings is 1. The van der Waals surface area contributed by atoms with Crippen LogP contribution in [0.3, 0.4) is 0 Å². The van der Waals surface area contributed by atoms with Crippen molar-refractivity contribution in [3.8, 4) is 21.8 Å². The SMILES string of the molecule is Nc1onc(-c2ccc(C(F)(F)F)cn2)c1-c1cccs1. The highest BCUT2D eigenvalue weighted by atomic mass is 32.1. The molecule has 0 spiro atoms. The predicted octanol–water partition coefficient (Wildman–Crippen LogP) is 4.07. The first-order valence-electron chi connectivity index (χ1n) is 5.79. The van der Waals surface area contributed by atoms with E-state index in [1.807, 2.05) is 17.5 Å². The number of nitrogens with zero attached hydrogens (tertiary/aromatic N) is 2. The standard InChI is InChI=1S/C13H8F3N3OS/c14-13(15,16)7-3-4-8(18-6-7)11-10(12(17)20-19-11)9-2-1-5-21-9/h1-6H,17H2. The molecular formula is C13H8F3N3OS. The second-order valence-electron chi connectivity index (χ2n) is 4.18. The molecule has 3 heterocycles. The smallest absolute Gasteiger partial charge is 0.367 e. The van der Waals surface area contributed by atoms with Gasteiger partial charge in [-0.15, -0.1) is 11.3 Å². The lowest BCUT2D eigenvalue weighted by molar-refractivity contribution is -0.137. The van der Waals surface area contributed by atoms with E-state index in [4.69, 9.17) is 10.3 Å². The maximum absolute atomic E-state index is 12.5. The molecule has 3 rings (SSSR count). The van der Waals surface area contributed by atoms with Crippen LogP contribution in [0.25, 0.3) is 21.8 Å². The Balaban J connectivity index is 2.06. The lowest BCUT2D eigenvalue weighted by Crippen LogP contribution is -2.05. The second-order valence-corrected chi connectivity index (χ2v) is 5.13. The summed E-state index contributed by atoms with van der Waals surface area (Å²) in [7, 11) is 0. The van der Waals surface area contributed by atoms with Crippen LogP contribution in [-0.2, 0) is 6.18 Å². The third kappa shape index (κ3) is 2.49. The molecule has 21 heavy (non-hydrogen) atoms. The van der Waals surface area contributed by atoms with Gasteiger partial charge in [-0.2, -0.15) is 13.2 Å². The van der Waals surface area contributed by atoms with Gasteiger partial charge < -0.3 is 10.3 Å². The molecule has 0 saturated heterocycles. The monoisotopic (exact) mass is 311 g/mol. The number of halogens is 3. The number of nitrogens with two attached hydrogens (primary N) is 1. The lowest BCUT2D eigenvalue weighted by Gasteiger charge is -2.06. The normalized spacial score (nSPS) is 11.8. The van der Waals surface area contributed by atoms with Crippen molar-refractivity contribution in [2.75, 3.05) is 5.73 Å². The molecule has 0 saturated carbocycles. The number of alkyl halides is 3. The molecule has 0 fully saturated rings. The van der Waals surface area contributed by atoms with Crippen molar-refractivity contribution >= 4 is 17.2 Å². The van der Waals surface area contributed by atoms with E-state index in [-0.39, 0.29) is 11.6 Å². The van der Waals surface area contributed by atoms with Crippen LogP contribution in [0.2, 0.25) is 0 Å². The average Bonchev–Trinajstić information content (AvgIpc) is 3.06. The number of nitrogen functional groups attached to an aromatic ring is 1. The number of rotatable bonds is 2. The second kappa shape index (κ2) is 4.88. The van der Waals surface area contributed by atoms with Gasteiger partial charge in [0.25, 0.3) is 0 Å². The van der Waals surface area contributed by atoms with E-state index < -0.39 is 11.7 Å². The first kappa shape index (κ1) is 13.6. The molecule has 0 aromatic carbocycles. The summed E-state index contributed by atoms with van der Waals surface area (Å²) < 4.78 is 42.6. The van der Waals surface area contributed by atoms with Crippen molar-refractivity contribution in [2.24, 2.45) is 0 Å². The highest BCUT2D eigenvalue weighted by molar-refractivity contribution is 7.13. The predicted molar refractivity (Wildman–Crippen MR) is 72.5 cm³/mol. The third-order valence-corrected chi connectivity index (χ3v) is 3.71. The first-order valence-corrected chi connectivity index (χ1v) is 6.67. The topological polar surface area (TPSA) is 64.9 Å². The highest BCUT2D eigenvalue weighted by Crippen LogP contribution is 2.38. The number of hydrogen-bond acceptors (Lipinski definition) is 5. The van der Waals surface area contributed by atoms with E-state index in [9.17, 15) is 13.2 Å². The molecule has 3 aromatic heterocycles. The first-order chi connectivity index (χ1) is 9.97. The summed E-state index contributed by atoms with van der Waals surface area (Å²) in [4.78, 5) is 4.62. The van der Waals surface area contributed by atoms with E-state index in [1.54, 1.807) is 0 Å². The van der Waals surface area contributed by atoms with Crippen LogP contribution in [0.4, 0.5) is 19.1 Å². The van der Waals surface area contributed by atoms with Gasteiger partial charge in [0, 0.05) is 11.1 Å². The Morgan fingerprint density at radius 3 is 2.57 bits per heavy atom. The lowest BCUT2D eigenvalue weighted by atomic mass is 10.1. The molecule has 4 nitrogen and oxygen atoms in total. The van der Waals surface area contributed by atoms with Crippen LogP contribution in [0.1, 0.15) is 5.56 Å². The summed E-state index contributed by atoms with van der Waals surface area (Å²) in [6.07, 6.45) is -3.66. The minimum atomic E-state index is -4.43. The van der Waals surface area contributed by atoms with Crippen LogP contribution < -0.4 is 5.73 Å². The van der Waals surface area contributed by atoms with E-state index >= 15 is 0 Å². The minimum absolute atomic E-state index is 0.106. The van der Waals surface area contributed by atoms with E-state index in [0.717, 1.165) is 17.1 Å². The summed E-state index contributed by atoms with van der Waals surface area (Å²) in [5, 5.41) is 5.65. The zero-order chi connectivity index (χ0) is 15.0. The van der Waals surface area contributed by atoms with Crippen molar-refractivity contribution in [3.05, 3.63) is 41.4 Å². The largest absolute Gasteiger partial charge is 0.417 e. The number of hydrogen-bond donors (Lipinski definition) is 1. The number of anilines is 1. The maximum Gasteiger partial charge on any atom is 0.417 e. The summed E-state index contributed by atoms with van der Waals surface area (Å²) in [6, 6.07) is 5.85. The molecule has 0 aliphatic carbocycles. The Morgan fingerprint density at radius 1 is 1.19 bits per heavy atom. The van der Waals surface area contributed by atoms with Gasteiger partial charge in [0.15, 0.2) is 0 Å². The van der Waals surface area contributed by atoms with Crippen LogP contribution in [0, 0.1) is 0 Å². The molecule has 108 valence electrons. The zero-order valence-electron chi connectivity index (χ0n) is 10.4. The van der Waals surface area contributed by atoms with E-state index in [2.05, 4.69) is 10.1 Å². The average molecular weight is 311 g/mol. The van der Waals surface area contributed by atoms with E-state index in [0.29, 0.717) is 11.3 Å². The van der Waals surface area contributed by atoms with Crippen molar-refractivity contribution in [3.63, 3.8) is 0 Å². The summed E-state index contributed by atoms with van der Waals surface area (Å²) in [6.45, 7) is 0. The van der Waals surface area contributed by atoms with Crippen LogP contribution in [0.5, 0.6) is 0 Å². The fraction of sp³-hybridized carbons (Fsp3) is 0.0769. The third-order valence-electron chi connectivity index (χ3n) is 2.82. The molecule has 0 unspecified atom stereocenters. The van der Waals surface area contributed by atoms with Crippen LogP contribution in [0.15, 0.2) is 40.4 Å². The fourth-order valence-corrected chi connectivity index (χ4v) is 2.61. The van der Waals surface area contributed by atoms with Gasteiger partial charge in [-0.3, -0.25) is 4.98 Å². The van der Waals surface area contributed by atoms with Gasteiger partial charge in [0.2, 0.25) is 5.88 Å². The van der Waals surface area contributed by atoms with Crippen molar-refractivity contribution in [1.82, 2.24) is 10.1 Å². The number of thiophene rings is 1. The van der Waals surface area contributed by atoms with Gasteiger partial charge in [0.1, 0.15) is 5.69 Å². The molecule has 0 radical (unpaired) electrons. The molecule has 0 amide bonds. The Bertz CT molecular complexity index is 748. The molecular weight excluding hydrogens is 303 g/mol. The molecule has 0 atom stereocenters. The van der Waals surface area contributed by atoms with Crippen LogP contribution in [-0.4, -0.2) is 10.1 Å². The van der Waals surface area contributed by atoms with Crippen molar-refractivity contribution in [1.29, 1.82) is 0 Å². The highest BCUT2D eigenvalue weighted by Gasteiger charge is 2.31. The van der Waals surface area contributed by atoms with Gasteiger partial charge in [0.05, 0.1) is 16.8 Å². The Hall–Kier alpha value is -2.35. The van der Waals surface area contributed by atoms with Gasteiger partial charge in [-0.25, -0.2) is 0 Å². The molecule has 0 bridgehead atoms. The van der Waals surface area contributed by atoms with Crippen LogP contribution >= 0.6 is 11.3 Å². The maximum atomic E-state index is 12.5. The summed E-state index contributed by atoms with van der Waals surface area (Å²) >= 11 is 1.42. The quantitative estimate of drug-likeness (QED) is 0.775. The Labute approximate surface area is 121 Å². The molecule has 0 aliphatic rings. The summed E-state index contributed by atoms with van der Waals surface area (Å²) in [5.74, 6) is 0.106. The van der Waals surface area contributed by atoms with Crippen molar-refractivity contribution < 1.29 is 17.7 Å².